The molecule has 5 N–H and O–H groups in total. The van der Waals surface area contributed by atoms with E-state index in [0.29, 0.717) is 18.6 Å². The highest BCUT2D eigenvalue weighted by atomic mass is 32.2. The predicted octanol–water partition coefficient (Wildman–Crippen LogP) is 4.03. The molecule has 1 aliphatic rings. The summed E-state index contributed by atoms with van der Waals surface area (Å²) in [6.07, 6.45) is 2.19. The fourth-order valence-corrected chi connectivity index (χ4v) is 4.31. The van der Waals surface area contributed by atoms with Crippen LogP contribution in [-0.4, -0.2) is 24.5 Å². The maximum Gasteiger partial charge on any atom is 0.338 e. The molecule has 0 radical (unpaired) electrons. The quantitative estimate of drug-likeness (QED) is 0.459. The predicted molar refractivity (Wildman–Crippen MR) is 126 cm³/mol. The van der Waals surface area contributed by atoms with Crippen molar-refractivity contribution in [3.05, 3.63) is 65.4 Å². The third-order valence-electron chi connectivity index (χ3n) is 5.32. The molecule has 1 amide bonds. The molecular formula is C23H28N4O3S. The van der Waals surface area contributed by atoms with Crippen LogP contribution in [0, 0.1) is 0 Å². The van der Waals surface area contributed by atoms with Gasteiger partial charge in [-0.15, -0.1) is 0 Å². The van der Waals surface area contributed by atoms with Crippen molar-refractivity contribution in [2.75, 3.05) is 16.8 Å². The average molecular weight is 441 g/mol. The number of amides is 1. The normalized spacial score (nSPS) is 18.3. The number of carbonyl (C=O) groups is 2. The summed E-state index contributed by atoms with van der Waals surface area (Å²) in [6, 6.07) is 13.1. The topological polar surface area (TPSA) is 111 Å². The number of benzene rings is 2. The highest BCUT2D eigenvalue weighted by Crippen LogP contribution is 2.40. The van der Waals surface area contributed by atoms with Crippen LogP contribution in [0.5, 0.6) is 0 Å². The maximum atomic E-state index is 12.3. The van der Waals surface area contributed by atoms with E-state index in [2.05, 4.69) is 5.32 Å². The zero-order valence-electron chi connectivity index (χ0n) is 17.9. The fourth-order valence-electron chi connectivity index (χ4n) is 3.96. The molecule has 0 bridgehead atoms. The minimum atomic E-state index is -0.373. The number of ether oxygens (including phenoxy) is 1. The molecule has 8 heteroatoms. The lowest BCUT2D eigenvalue weighted by molar-refractivity contribution is -0.117. The number of esters is 1. The van der Waals surface area contributed by atoms with E-state index in [9.17, 15) is 9.59 Å². The molecule has 2 aromatic rings. The van der Waals surface area contributed by atoms with Crippen molar-refractivity contribution in [1.29, 1.82) is 0 Å². The summed E-state index contributed by atoms with van der Waals surface area (Å²) < 4.78 is 5.16. The second-order valence-electron chi connectivity index (χ2n) is 7.39. The molecule has 1 heterocycles. The number of fused-ring (bicyclic) bond motifs is 1. The molecule has 2 aromatic carbocycles. The van der Waals surface area contributed by atoms with E-state index in [0.717, 1.165) is 39.4 Å². The number of rotatable bonds is 6. The molecule has 7 nitrogen and oxygen atoms in total. The van der Waals surface area contributed by atoms with Crippen LogP contribution >= 0.6 is 11.9 Å². The van der Waals surface area contributed by atoms with E-state index in [1.54, 1.807) is 24.8 Å². The van der Waals surface area contributed by atoms with Gasteiger partial charge in [-0.1, -0.05) is 12.1 Å². The Balaban J connectivity index is 1.95. The summed E-state index contributed by atoms with van der Waals surface area (Å²) in [5.41, 5.74) is 9.64. The van der Waals surface area contributed by atoms with Gasteiger partial charge in [-0.3, -0.25) is 9.93 Å². The molecule has 0 saturated heterocycles. The smallest absolute Gasteiger partial charge is 0.338 e. The van der Waals surface area contributed by atoms with E-state index >= 15 is 0 Å². The Morgan fingerprint density at radius 1 is 1.23 bits per heavy atom. The number of nitrogens with two attached hydrogens (primary N) is 2. The highest BCUT2D eigenvalue weighted by molar-refractivity contribution is 8.06. The van der Waals surface area contributed by atoms with Gasteiger partial charge >= 0.3 is 5.97 Å². The SMILES string of the molecule is CCOC(=O)c1ccc2c(c1)C(Nc1ccc(/C(=C/N)SN)cc1)CC(C)N2C(C)=O. The standard InChI is InChI=1S/C23H28N4O3S/c1-4-30-23(29)17-7-10-21-19(12-17)20(11-14(2)27(21)15(3)28)26-18-8-5-16(6-9-18)22(13-24)31-25/h5-10,12-14,20,26H,4,11,24-25H2,1-3H3/b22-13-. The summed E-state index contributed by atoms with van der Waals surface area (Å²) in [7, 11) is 0. The van der Waals surface area contributed by atoms with Crippen LogP contribution in [0.2, 0.25) is 0 Å². The molecule has 0 fully saturated rings. The molecular weight excluding hydrogens is 412 g/mol. The van der Waals surface area contributed by atoms with E-state index < -0.39 is 0 Å². The first-order valence-electron chi connectivity index (χ1n) is 10.2. The third kappa shape index (κ3) is 4.86. The van der Waals surface area contributed by atoms with Crippen molar-refractivity contribution in [3.63, 3.8) is 0 Å². The van der Waals surface area contributed by atoms with Crippen molar-refractivity contribution < 1.29 is 14.3 Å². The van der Waals surface area contributed by atoms with Crippen LogP contribution in [0.15, 0.2) is 48.7 Å². The number of hydrogen-bond acceptors (Lipinski definition) is 7. The van der Waals surface area contributed by atoms with Crippen LogP contribution < -0.4 is 21.1 Å². The van der Waals surface area contributed by atoms with E-state index in [1.807, 2.05) is 43.3 Å². The monoisotopic (exact) mass is 440 g/mol. The first kappa shape index (κ1) is 22.7. The number of anilines is 2. The van der Waals surface area contributed by atoms with Crippen molar-refractivity contribution in [2.24, 2.45) is 10.9 Å². The van der Waals surface area contributed by atoms with Gasteiger partial charge in [0.1, 0.15) is 0 Å². The summed E-state index contributed by atoms with van der Waals surface area (Å²) >= 11 is 1.10. The molecule has 0 spiro atoms. The molecule has 0 saturated carbocycles. The molecule has 1 aliphatic heterocycles. The number of nitrogens with zero attached hydrogens (tertiary/aromatic N) is 1. The Hall–Kier alpha value is -2.97. The number of nitrogens with one attached hydrogen (secondary N) is 1. The molecule has 0 aromatic heterocycles. The lowest BCUT2D eigenvalue weighted by atomic mass is 9.90. The van der Waals surface area contributed by atoms with Gasteiger partial charge in [-0.05, 0) is 73.7 Å². The minimum absolute atomic E-state index is 0.00985. The van der Waals surface area contributed by atoms with Gasteiger partial charge in [0.05, 0.1) is 18.2 Å². The molecule has 3 rings (SSSR count). The fraction of sp³-hybridized carbons (Fsp3) is 0.304. The van der Waals surface area contributed by atoms with Gasteiger partial charge < -0.3 is 20.7 Å². The van der Waals surface area contributed by atoms with Crippen LogP contribution in [0.3, 0.4) is 0 Å². The van der Waals surface area contributed by atoms with Crippen molar-refractivity contribution >= 4 is 40.1 Å². The van der Waals surface area contributed by atoms with Crippen LogP contribution in [0.25, 0.3) is 4.91 Å². The van der Waals surface area contributed by atoms with Crippen LogP contribution in [0.4, 0.5) is 11.4 Å². The first-order chi connectivity index (χ1) is 14.9. The largest absolute Gasteiger partial charge is 0.462 e. The molecule has 164 valence electrons. The van der Waals surface area contributed by atoms with Crippen molar-refractivity contribution in [3.8, 4) is 0 Å². The average Bonchev–Trinajstić information content (AvgIpc) is 2.75. The minimum Gasteiger partial charge on any atom is -0.462 e. The van der Waals surface area contributed by atoms with Crippen LogP contribution in [-0.2, 0) is 9.53 Å². The van der Waals surface area contributed by atoms with Gasteiger partial charge in [-0.2, -0.15) is 0 Å². The third-order valence-corrected chi connectivity index (χ3v) is 5.94. The lowest BCUT2D eigenvalue weighted by Gasteiger charge is -2.39. The van der Waals surface area contributed by atoms with E-state index in [4.69, 9.17) is 15.6 Å². The van der Waals surface area contributed by atoms with Gasteiger partial charge in [-0.25, -0.2) is 4.79 Å². The Bertz CT molecular complexity index is 991. The maximum absolute atomic E-state index is 12.3. The summed E-state index contributed by atoms with van der Waals surface area (Å²) in [4.78, 5) is 27.2. The molecule has 0 aliphatic carbocycles. The van der Waals surface area contributed by atoms with Gasteiger partial charge in [0, 0.05) is 35.4 Å². The number of carbonyl (C=O) groups excluding carboxylic acids is 2. The van der Waals surface area contributed by atoms with E-state index in [-0.39, 0.29) is 24.0 Å². The first-order valence-corrected chi connectivity index (χ1v) is 11.0. The van der Waals surface area contributed by atoms with Crippen molar-refractivity contribution in [1.82, 2.24) is 0 Å². The second-order valence-corrected chi connectivity index (χ2v) is 8.07. The molecule has 2 unspecified atom stereocenters. The summed E-state index contributed by atoms with van der Waals surface area (Å²) in [6.45, 7) is 5.67. The molecule has 2 atom stereocenters. The van der Waals surface area contributed by atoms with Crippen molar-refractivity contribution in [2.45, 2.75) is 39.3 Å². The zero-order valence-corrected chi connectivity index (χ0v) is 18.7. The Morgan fingerprint density at radius 2 is 1.90 bits per heavy atom. The van der Waals surface area contributed by atoms with Crippen LogP contribution in [0.1, 0.15) is 54.7 Å². The lowest BCUT2D eigenvalue weighted by Crippen LogP contribution is -2.43. The van der Waals surface area contributed by atoms with Gasteiger partial charge in [0.25, 0.3) is 0 Å². The van der Waals surface area contributed by atoms with Gasteiger partial charge in [0.2, 0.25) is 5.91 Å². The Morgan fingerprint density at radius 3 is 2.48 bits per heavy atom. The summed E-state index contributed by atoms with van der Waals surface area (Å²) in [5, 5.41) is 9.20. The molecule has 31 heavy (non-hydrogen) atoms. The highest BCUT2D eigenvalue weighted by Gasteiger charge is 2.33. The van der Waals surface area contributed by atoms with Gasteiger partial charge in [0.15, 0.2) is 0 Å². The van der Waals surface area contributed by atoms with E-state index in [1.165, 1.54) is 6.20 Å². The second kappa shape index (κ2) is 9.89. The Labute approximate surface area is 186 Å². The zero-order chi connectivity index (χ0) is 22.5. The summed E-state index contributed by atoms with van der Waals surface area (Å²) in [5.74, 6) is -0.400. The Kier molecular flexibility index (Phi) is 7.25. The number of hydrogen-bond donors (Lipinski definition) is 3.